The maximum atomic E-state index is 13.2. The summed E-state index contributed by atoms with van der Waals surface area (Å²) in [6.45, 7) is 1.73. The number of anilines is 2. The molecular weight excluding hydrogens is 579 g/mol. The highest BCUT2D eigenvalue weighted by molar-refractivity contribution is 6.17. The van der Waals surface area contributed by atoms with Crippen molar-refractivity contribution in [3.63, 3.8) is 0 Å². The number of aromatic nitrogens is 2. The van der Waals surface area contributed by atoms with Gasteiger partial charge in [-0.25, -0.2) is 4.98 Å². The Labute approximate surface area is 252 Å². The third kappa shape index (κ3) is 7.50. The number of nitrogens with one attached hydrogen (secondary N) is 2. The summed E-state index contributed by atoms with van der Waals surface area (Å²) >= 11 is 5.90. The molecule has 0 radical (unpaired) electrons. The molecule has 43 heavy (non-hydrogen) atoms. The first-order valence-electron chi connectivity index (χ1n) is 13.8. The summed E-state index contributed by atoms with van der Waals surface area (Å²) < 4.78 is 39.3. The summed E-state index contributed by atoms with van der Waals surface area (Å²) in [4.78, 5) is 37.3. The minimum absolute atomic E-state index is 0.0828. The van der Waals surface area contributed by atoms with E-state index in [9.17, 15) is 22.8 Å². The molecule has 0 saturated carbocycles. The van der Waals surface area contributed by atoms with Gasteiger partial charge in [-0.15, -0.1) is 11.6 Å². The van der Waals surface area contributed by atoms with Crippen LogP contribution in [0.2, 0.25) is 0 Å². The number of hydrogen-bond acceptors (Lipinski definition) is 5. The smallest absolute Gasteiger partial charge is 0.372 e. The van der Waals surface area contributed by atoms with Crippen LogP contribution in [0.5, 0.6) is 0 Å². The zero-order valence-corrected chi connectivity index (χ0v) is 23.9. The molecule has 2 N–H and O–H groups in total. The summed E-state index contributed by atoms with van der Waals surface area (Å²) in [5.74, 6) is -0.724. The maximum absolute atomic E-state index is 13.2. The quantitative estimate of drug-likeness (QED) is 0.209. The Bertz CT molecular complexity index is 1620. The summed E-state index contributed by atoms with van der Waals surface area (Å²) in [6, 6.07) is 18.7. The van der Waals surface area contributed by atoms with Gasteiger partial charge in [0.2, 0.25) is 0 Å². The molecule has 1 aliphatic heterocycles. The van der Waals surface area contributed by atoms with Gasteiger partial charge in [-0.05, 0) is 79.4 Å². The van der Waals surface area contributed by atoms with Gasteiger partial charge in [0.15, 0.2) is 0 Å². The summed E-state index contributed by atoms with van der Waals surface area (Å²) in [5, 5.41) is 5.61. The topological polar surface area (TPSA) is 87.2 Å². The van der Waals surface area contributed by atoms with Crippen LogP contribution in [0.1, 0.15) is 56.9 Å². The lowest BCUT2D eigenvalue weighted by atomic mass is 10.0. The second-order valence-corrected chi connectivity index (χ2v) is 10.5. The predicted octanol–water partition coefficient (Wildman–Crippen LogP) is 7.07. The lowest BCUT2D eigenvalue weighted by Crippen LogP contribution is -2.29. The molecule has 0 spiro atoms. The Morgan fingerprint density at radius 2 is 1.70 bits per heavy atom. The number of nitrogens with zero attached hydrogens (tertiary/aromatic N) is 3. The molecule has 1 fully saturated rings. The Kier molecular flexibility index (Phi) is 9.25. The second kappa shape index (κ2) is 13.2. The first-order chi connectivity index (χ1) is 20.7. The average molecular weight is 608 g/mol. The lowest BCUT2D eigenvalue weighted by molar-refractivity contribution is -0.137. The van der Waals surface area contributed by atoms with Gasteiger partial charge >= 0.3 is 6.18 Å². The zero-order chi connectivity index (χ0) is 30.4. The monoisotopic (exact) mass is 607 g/mol. The third-order valence-electron chi connectivity index (χ3n) is 7.15. The molecule has 0 bridgehead atoms. The van der Waals surface area contributed by atoms with E-state index in [4.69, 9.17) is 11.6 Å². The number of hydrogen-bond donors (Lipinski definition) is 2. The molecule has 0 atom stereocenters. The van der Waals surface area contributed by atoms with E-state index >= 15 is 0 Å². The van der Waals surface area contributed by atoms with Crippen molar-refractivity contribution in [1.29, 1.82) is 0 Å². The van der Waals surface area contributed by atoms with E-state index in [-0.39, 0.29) is 23.7 Å². The van der Waals surface area contributed by atoms with Crippen molar-refractivity contribution in [2.24, 2.45) is 0 Å². The van der Waals surface area contributed by atoms with Crippen molar-refractivity contribution in [3.8, 4) is 11.3 Å². The van der Waals surface area contributed by atoms with E-state index in [0.29, 0.717) is 28.2 Å². The van der Waals surface area contributed by atoms with Crippen LogP contribution in [0.25, 0.3) is 11.3 Å². The van der Waals surface area contributed by atoms with E-state index in [1.807, 2.05) is 18.2 Å². The van der Waals surface area contributed by atoms with Crippen molar-refractivity contribution in [3.05, 3.63) is 107 Å². The van der Waals surface area contributed by atoms with Crippen LogP contribution in [-0.4, -0.2) is 34.9 Å². The summed E-state index contributed by atoms with van der Waals surface area (Å²) in [6.07, 6.45) is 0.343. The van der Waals surface area contributed by atoms with Crippen molar-refractivity contribution in [1.82, 2.24) is 15.3 Å². The van der Waals surface area contributed by atoms with Crippen LogP contribution in [-0.2, 0) is 18.6 Å². The van der Waals surface area contributed by atoms with Crippen molar-refractivity contribution >= 4 is 34.8 Å². The molecule has 1 saturated heterocycles. The molecule has 222 valence electrons. The van der Waals surface area contributed by atoms with E-state index in [1.165, 1.54) is 30.8 Å². The molecule has 2 aromatic carbocycles. The lowest BCUT2D eigenvalue weighted by Gasteiger charge is -2.29. The molecule has 0 aliphatic carbocycles. The van der Waals surface area contributed by atoms with E-state index in [0.717, 1.165) is 43.8 Å². The highest BCUT2D eigenvalue weighted by Crippen LogP contribution is 2.33. The molecular formula is C32H29ClF3N5O2. The largest absolute Gasteiger partial charge is 0.416 e. The molecule has 4 aromatic rings. The maximum Gasteiger partial charge on any atom is 0.416 e. The fourth-order valence-corrected chi connectivity index (χ4v) is 5.08. The van der Waals surface area contributed by atoms with Gasteiger partial charge in [-0.3, -0.25) is 14.6 Å². The minimum Gasteiger partial charge on any atom is -0.372 e. The van der Waals surface area contributed by atoms with Crippen LogP contribution in [0.15, 0.2) is 79.0 Å². The number of rotatable bonds is 8. The van der Waals surface area contributed by atoms with Crippen LogP contribution in [0.4, 0.5) is 24.5 Å². The molecule has 0 unspecified atom stereocenters. The van der Waals surface area contributed by atoms with Gasteiger partial charge in [0.05, 0.1) is 28.5 Å². The first kappa shape index (κ1) is 30.0. The standard InChI is InChI=1S/C32H29ClF3N5O2/c33-19-24-8-5-9-28(39-24)31(43)40-27-11-10-25(41-14-2-1-3-15-41)18-26(27)29-17-22(12-13-37-29)30(42)38-20-21-6-4-7-23(16-21)32(34,35)36/h4-13,16-18H,1-3,14-15,19-20H2,(H,38,42)(H,40,43). The number of pyridine rings is 2. The number of amides is 2. The van der Waals surface area contributed by atoms with Gasteiger partial charge in [0.1, 0.15) is 5.69 Å². The number of halogens is 4. The summed E-state index contributed by atoms with van der Waals surface area (Å²) in [5.41, 5.74) is 3.10. The second-order valence-electron chi connectivity index (χ2n) is 10.2. The van der Waals surface area contributed by atoms with Gasteiger partial charge in [-0.2, -0.15) is 13.2 Å². The molecule has 2 amide bonds. The Morgan fingerprint density at radius 1 is 0.907 bits per heavy atom. The van der Waals surface area contributed by atoms with Gasteiger partial charge in [-0.1, -0.05) is 18.2 Å². The molecule has 7 nitrogen and oxygen atoms in total. The highest BCUT2D eigenvalue weighted by atomic mass is 35.5. The molecule has 1 aliphatic rings. The highest BCUT2D eigenvalue weighted by Gasteiger charge is 2.30. The SMILES string of the molecule is O=C(NCc1cccc(C(F)(F)F)c1)c1ccnc(-c2cc(N3CCCCC3)ccc2NC(=O)c2cccc(CCl)n2)c1. The molecule has 11 heteroatoms. The molecule has 2 aromatic heterocycles. The minimum atomic E-state index is -4.47. The van der Waals surface area contributed by atoms with Crippen LogP contribution in [0, 0.1) is 0 Å². The number of carbonyl (C=O) groups is 2. The predicted molar refractivity (Wildman–Crippen MR) is 160 cm³/mol. The van der Waals surface area contributed by atoms with Gasteiger partial charge in [0.25, 0.3) is 11.8 Å². The van der Waals surface area contributed by atoms with Crippen LogP contribution in [0.3, 0.4) is 0 Å². The molecule has 5 rings (SSSR count). The van der Waals surface area contributed by atoms with Gasteiger partial charge < -0.3 is 15.5 Å². The van der Waals surface area contributed by atoms with Crippen LogP contribution < -0.4 is 15.5 Å². The average Bonchev–Trinajstić information content (AvgIpc) is 3.04. The Morgan fingerprint density at radius 3 is 2.47 bits per heavy atom. The van der Waals surface area contributed by atoms with E-state index in [1.54, 1.807) is 24.3 Å². The van der Waals surface area contributed by atoms with Crippen LogP contribution >= 0.6 is 11.6 Å². The fraction of sp³-hybridized carbons (Fsp3) is 0.250. The van der Waals surface area contributed by atoms with E-state index < -0.39 is 23.6 Å². The number of benzene rings is 2. The Hall–Kier alpha value is -4.44. The Balaban J connectivity index is 1.42. The number of carbonyl (C=O) groups excluding carboxylic acids is 2. The zero-order valence-electron chi connectivity index (χ0n) is 23.1. The van der Waals surface area contributed by atoms with Crippen molar-refractivity contribution in [2.75, 3.05) is 23.3 Å². The fourth-order valence-electron chi connectivity index (χ4n) is 4.93. The first-order valence-corrected chi connectivity index (χ1v) is 14.4. The normalized spacial score (nSPS) is 13.4. The summed E-state index contributed by atoms with van der Waals surface area (Å²) in [7, 11) is 0. The van der Waals surface area contributed by atoms with Crippen molar-refractivity contribution in [2.45, 2.75) is 37.9 Å². The number of piperidine rings is 1. The number of alkyl halides is 4. The molecule has 3 heterocycles. The third-order valence-corrected chi connectivity index (χ3v) is 7.43. The van der Waals surface area contributed by atoms with Crippen molar-refractivity contribution < 1.29 is 22.8 Å². The van der Waals surface area contributed by atoms with E-state index in [2.05, 4.69) is 25.5 Å². The van der Waals surface area contributed by atoms with Gasteiger partial charge in [0, 0.05) is 42.6 Å².